The predicted molar refractivity (Wildman–Crippen MR) is 37.5 cm³/mol. The molecular formula is C7H13NO. The molecule has 0 atom stereocenters. The Bertz CT molecular complexity index is 138. The quantitative estimate of drug-likeness (QED) is 0.487. The zero-order valence-corrected chi connectivity index (χ0v) is 6.27. The van der Waals surface area contributed by atoms with Gasteiger partial charge in [-0.05, 0) is 33.6 Å². The SMILES string of the molecule is CC1=NOC(C)(C)CC1. The summed E-state index contributed by atoms with van der Waals surface area (Å²) in [6, 6.07) is 0. The number of nitrogens with zero attached hydrogens (tertiary/aromatic N) is 1. The van der Waals surface area contributed by atoms with Crippen LogP contribution in [-0.4, -0.2) is 11.3 Å². The first-order valence-corrected chi connectivity index (χ1v) is 3.32. The van der Waals surface area contributed by atoms with Crippen molar-refractivity contribution < 1.29 is 4.84 Å². The van der Waals surface area contributed by atoms with Gasteiger partial charge in [-0.3, -0.25) is 0 Å². The van der Waals surface area contributed by atoms with E-state index in [4.69, 9.17) is 4.84 Å². The molecule has 0 aromatic carbocycles. The van der Waals surface area contributed by atoms with Crippen LogP contribution in [0.5, 0.6) is 0 Å². The van der Waals surface area contributed by atoms with Crippen LogP contribution in [0.4, 0.5) is 0 Å². The lowest BCUT2D eigenvalue weighted by Crippen LogP contribution is -2.26. The largest absolute Gasteiger partial charge is 0.390 e. The van der Waals surface area contributed by atoms with Crippen LogP contribution in [0.15, 0.2) is 5.16 Å². The van der Waals surface area contributed by atoms with Gasteiger partial charge < -0.3 is 4.84 Å². The summed E-state index contributed by atoms with van der Waals surface area (Å²) in [5.41, 5.74) is 1.08. The Kier molecular flexibility index (Phi) is 1.47. The summed E-state index contributed by atoms with van der Waals surface area (Å²) in [5, 5.41) is 3.90. The fraction of sp³-hybridized carbons (Fsp3) is 0.857. The second-order valence-electron chi connectivity index (χ2n) is 3.18. The maximum Gasteiger partial charge on any atom is 0.132 e. The summed E-state index contributed by atoms with van der Waals surface area (Å²) < 4.78 is 0. The van der Waals surface area contributed by atoms with Gasteiger partial charge in [-0.15, -0.1) is 0 Å². The molecule has 1 aliphatic rings. The minimum Gasteiger partial charge on any atom is -0.390 e. The van der Waals surface area contributed by atoms with Crippen molar-refractivity contribution in [3.63, 3.8) is 0 Å². The molecule has 0 amide bonds. The molecule has 2 heteroatoms. The van der Waals surface area contributed by atoms with E-state index in [1.165, 1.54) is 0 Å². The van der Waals surface area contributed by atoms with Gasteiger partial charge in [0, 0.05) is 0 Å². The Balaban J connectivity index is 2.56. The predicted octanol–water partition coefficient (Wildman–Crippen LogP) is 1.95. The highest BCUT2D eigenvalue weighted by Crippen LogP contribution is 2.21. The van der Waals surface area contributed by atoms with Crippen molar-refractivity contribution in [3.8, 4) is 0 Å². The van der Waals surface area contributed by atoms with Crippen molar-refractivity contribution >= 4 is 5.71 Å². The average molecular weight is 127 g/mol. The average Bonchev–Trinajstić information content (AvgIpc) is 1.78. The van der Waals surface area contributed by atoms with Gasteiger partial charge in [-0.1, -0.05) is 5.16 Å². The molecular weight excluding hydrogens is 114 g/mol. The second kappa shape index (κ2) is 2.01. The van der Waals surface area contributed by atoms with Crippen molar-refractivity contribution in [1.82, 2.24) is 0 Å². The van der Waals surface area contributed by atoms with Crippen molar-refractivity contribution in [2.45, 2.75) is 39.2 Å². The van der Waals surface area contributed by atoms with Crippen LogP contribution in [0.1, 0.15) is 33.6 Å². The summed E-state index contributed by atoms with van der Waals surface area (Å²) in [7, 11) is 0. The molecule has 0 aromatic heterocycles. The van der Waals surface area contributed by atoms with E-state index in [9.17, 15) is 0 Å². The molecule has 0 saturated heterocycles. The summed E-state index contributed by atoms with van der Waals surface area (Å²) in [5.74, 6) is 0. The molecule has 0 spiro atoms. The van der Waals surface area contributed by atoms with E-state index in [1.54, 1.807) is 0 Å². The molecule has 0 aliphatic carbocycles. The van der Waals surface area contributed by atoms with Crippen LogP contribution in [0.25, 0.3) is 0 Å². The van der Waals surface area contributed by atoms with Crippen LogP contribution >= 0.6 is 0 Å². The van der Waals surface area contributed by atoms with Crippen LogP contribution < -0.4 is 0 Å². The van der Waals surface area contributed by atoms with Gasteiger partial charge in [-0.2, -0.15) is 0 Å². The lowest BCUT2D eigenvalue weighted by atomic mass is 10.0. The minimum absolute atomic E-state index is 0.0283. The molecule has 1 aliphatic heterocycles. The van der Waals surface area contributed by atoms with Gasteiger partial charge in [0.25, 0.3) is 0 Å². The highest BCUT2D eigenvalue weighted by atomic mass is 16.6. The van der Waals surface area contributed by atoms with Crippen LogP contribution in [-0.2, 0) is 4.84 Å². The fourth-order valence-electron chi connectivity index (χ4n) is 0.775. The van der Waals surface area contributed by atoms with Gasteiger partial charge >= 0.3 is 0 Å². The van der Waals surface area contributed by atoms with Gasteiger partial charge in [0.05, 0.1) is 5.71 Å². The van der Waals surface area contributed by atoms with Gasteiger partial charge in [0.15, 0.2) is 0 Å². The molecule has 2 nitrogen and oxygen atoms in total. The second-order valence-corrected chi connectivity index (χ2v) is 3.18. The smallest absolute Gasteiger partial charge is 0.132 e. The molecule has 0 unspecified atom stereocenters. The number of oxime groups is 1. The first-order chi connectivity index (χ1) is 4.10. The van der Waals surface area contributed by atoms with Crippen molar-refractivity contribution in [3.05, 3.63) is 0 Å². The molecule has 1 rings (SSSR count). The van der Waals surface area contributed by atoms with Crippen molar-refractivity contribution in [2.75, 3.05) is 0 Å². The van der Waals surface area contributed by atoms with Crippen molar-refractivity contribution in [2.24, 2.45) is 5.16 Å². The van der Waals surface area contributed by atoms with E-state index in [1.807, 2.05) is 6.92 Å². The van der Waals surface area contributed by atoms with E-state index >= 15 is 0 Å². The van der Waals surface area contributed by atoms with E-state index in [2.05, 4.69) is 19.0 Å². The Morgan fingerprint density at radius 2 is 2.22 bits per heavy atom. The third-order valence-corrected chi connectivity index (χ3v) is 1.54. The maximum atomic E-state index is 5.17. The lowest BCUT2D eigenvalue weighted by molar-refractivity contribution is -0.0287. The molecule has 0 saturated carbocycles. The Labute approximate surface area is 55.9 Å². The van der Waals surface area contributed by atoms with Gasteiger partial charge in [0.2, 0.25) is 0 Å². The third kappa shape index (κ3) is 1.70. The van der Waals surface area contributed by atoms with Gasteiger partial charge in [-0.25, -0.2) is 0 Å². The maximum absolute atomic E-state index is 5.17. The fourth-order valence-corrected chi connectivity index (χ4v) is 0.775. The molecule has 0 radical (unpaired) electrons. The molecule has 1 heterocycles. The van der Waals surface area contributed by atoms with E-state index in [-0.39, 0.29) is 5.60 Å². The summed E-state index contributed by atoms with van der Waals surface area (Å²) in [6.07, 6.45) is 2.16. The normalized spacial score (nSPS) is 24.6. The number of hydrogen-bond acceptors (Lipinski definition) is 2. The zero-order valence-electron chi connectivity index (χ0n) is 6.27. The molecule has 9 heavy (non-hydrogen) atoms. The van der Waals surface area contributed by atoms with Crippen molar-refractivity contribution in [1.29, 1.82) is 0 Å². The molecule has 0 N–H and O–H groups in total. The highest BCUT2D eigenvalue weighted by molar-refractivity contribution is 5.81. The zero-order chi connectivity index (χ0) is 6.91. The van der Waals surface area contributed by atoms with Gasteiger partial charge in [0.1, 0.15) is 5.60 Å². The standard InChI is InChI=1S/C7H13NO/c1-6-4-5-7(2,3)9-8-6/h4-5H2,1-3H3. The summed E-state index contributed by atoms with van der Waals surface area (Å²) in [6.45, 7) is 6.11. The monoisotopic (exact) mass is 127 g/mol. The van der Waals surface area contributed by atoms with E-state index in [0.717, 1.165) is 18.6 Å². The number of hydrogen-bond donors (Lipinski definition) is 0. The lowest BCUT2D eigenvalue weighted by Gasteiger charge is -2.26. The van der Waals surface area contributed by atoms with Crippen LogP contribution in [0, 0.1) is 0 Å². The number of rotatable bonds is 0. The topological polar surface area (TPSA) is 21.6 Å². The summed E-state index contributed by atoms with van der Waals surface area (Å²) in [4.78, 5) is 5.17. The first kappa shape index (κ1) is 6.59. The summed E-state index contributed by atoms with van der Waals surface area (Å²) >= 11 is 0. The highest BCUT2D eigenvalue weighted by Gasteiger charge is 2.22. The van der Waals surface area contributed by atoms with E-state index in [0.29, 0.717) is 0 Å². The third-order valence-electron chi connectivity index (χ3n) is 1.54. The molecule has 0 bridgehead atoms. The van der Waals surface area contributed by atoms with Crippen LogP contribution in [0.2, 0.25) is 0 Å². The minimum atomic E-state index is -0.0283. The van der Waals surface area contributed by atoms with E-state index < -0.39 is 0 Å². The molecule has 52 valence electrons. The first-order valence-electron chi connectivity index (χ1n) is 3.32. The molecule has 0 aromatic rings. The Morgan fingerprint density at radius 3 is 2.56 bits per heavy atom. The Morgan fingerprint density at radius 1 is 1.56 bits per heavy atom. The molecule has 0 fully saturated rings. The van der Waals surface area contributed by atoms with Crippen LogP contribution in [0.3, 0.4) is 0 Å². The Hall–Kier alpha value is -0.530.